The van der Waals surface area contributed by atoms with E-state index in [2.05, 4.69) is 25.2 Å². The number of rotatable bonds is 3. The summed E-state index contributed by atoms with van der Waals surface area (Å²) in [7, 11) is 0. The van der Waals surface area contributed by atoms with Crippen molar-refractivity contribution < 1.29 is 4.79 Å². The number of carbonyl (C=O) groups is 1. The normalized spacial score (nSPS) is 20.1. The molecule has 0 radical (unpaired) electrons. The van der Waals surface area contributed by atoms with Crippen LogP contribution in [0.1, 0.15) is 30.2 Å². The minimum absolute atomic E-state index is 0.0372. The molecule has 4 heterocycles. The van der Waals surface area contributed by atoms with Crippen LogP contribution in [0.25, 0.3) is 0 Å². The van der Waals surface area contributed by atoms with Crippen LogP contribution in [-0.2, 0) is 37.3 Å². The molecule has 2 aliphatic heterocycles. The molecule has 7 nitrogen and oxygen atoms in total. The highest BCUT2D eigenvalue weighted by molar-refractivity contribution is 5.78. The number of hydrogen-bond acceptors (Lipinski definition) is 4. The third-order valence-electron chi connectivity index (χ3n) is 4.43. The number of hydrogen-bond donors (Lipinski definition) is 1. The molecule has 7 heteroatoms. The molecule has 1 atom stereocenters. The van der Waals surface area contributed by atoms with Crippen LogP contribution in [0.15, 0.2) is 12.3 Å². The predicted molar refractivity (Wildman–Crippen MR) is 74.2 cm³/mol. The van der Waals surface area contributed by atoms with Crippen molar-refractivity contribution in [2.24, 2.45) is 5.92 Å². The standard InChI is InChI=1S/C14H18N6O/c21-14(10-4-7-20-11(8-10)3-5-16-20)15-9-13-18-17-12-2-1-6-19(12)13/h3,5,10H,1-2,4,6-9H2,(H,15,21). The lowest BCUT2D eigenvalue weighted by molar-refractivity contribution is -0.125. The quantitative estimate of drug-likeness (QED) is 0.880. The summed E-state index contributed by atoms with van der Waals surface area (Å²) >= 11 is 0. The van der Waals surface area contributed by atoms with Gasteiger partial charge < -0.3 is 9.88 Å². The summed E-state index contributed by atoms with van der Waals surface area (Å²) in [5.74, 6) is 2.06. The summed E-state index contributed by atoms with van der Waals surface area (Å²) < 4.78 is 4.10. The van der Waals surface area contributed by atoms with E-state index >= 15 is 0 Å². The molecule has 0 saturated heterocycles. The SMILES string of the molecule is O=C(NCc1nnc2n1CCC2)C1CCn2nccc2C1. The number of fused-ring (bicyclic) bond motifs is 2. The van der Waals surface area contributed by atoms with E-state index < -0.39 is 0 Å². The van der Waals surface area contributed by atoms with Gasteiger partial charge in [-0.2, -0.15) is 5.10 Å². The average Bonchev–Trinajstić information content (AvgIpc) is 3.20. The largest absolute Gasteiger partial charge is 0.349 e. The maximum Gasteiger partial charge on any atom is 0.223 e. The lowest BCUT2D eigenvalue weighted by Crippen LogP contribution is -2.35. The summed E-state index contributed by atoms with van der Waals surface area (Å²) in [5.41, 5.74) is 1.14. The fourth-order valence-corrected chi connectivity index (χ4v) is 3.24. The first kappa shape index (κ1) is 12.6. The lowest BCUT2D eigenvalue weighted by Gasteiger charge is -2.22. The molecule has 4 rings (SSSR count). The first-order chi connectivity index (χ1) is 10.3. The molecule has 2 aromatic rings. The number of aromatic nitrogens is 5. The Morgan fingerprint density at radius 2 is 2.33 bits per heavy atom. The smallest absolute Gasteiger partial charge is 0.223 e. The molecule has 0 spiro atoms. The molecule has 2 aromatic heterocycles. The monoisotopic (exact) mass is 286 g/mol. The number of aryl methyl sites for hydroxylation is 2. The van der Waals surface area contributed by atoms with Gasteiger partial charge in [-0.3, -0.25) is 9.48 Å². The summed E-state index contributed by atoms with van der Waals surface area (Å²) in [6, 6.07) is 1.99. The van der Waals surface area contributed by atoms with E-state index in [1.807, 2.05) is 10.7 Å². The van der Waals surface area contributed by atoms with E-state index in [1.54, 1.807) is 6.20 Å². The molecule has 0 bridgehead atoms. The summed E-state index contributed by atoms with van der Waals surface area (Å²) in [5, 5.41) is 15.6. The number of carbonyl (C=O) groups excluding carboxylic acids is 1. The Morgan fingerprint density at radius 1 is 1.38 bits per heavy atom. The van der Waals surface area contributed by atoms with Gasteiger partial charge in [-0.15, -0.1) is 10.2 Å². The number of amides is 1. The van der Waals surface area contributed by atoms with E-state index in [0.717, 1.165) is 56.1 Å². The van der Waals surface area contributed by atoms with Crippen molar-refractivity contribution in [2.45, 2.75) is 45.3 Å². The summed E-state index contributed by atoms with van der Waals surface area (Å²) in [4.78, 5) is 12.3. The Morgan fingerprint density at radius 3 is 3.29 bits per heavy atom. The molecule has 1 amide bonds. The highest BCUT2D eigenvalue weighted by Crippen LogP contribution is 2.20. The van der Waals surface area contributed by atoms with E-state index in [-0.39, 0.29) is 11.8 Å². The van der Waals surface area contributed by atoms with Gasteiger partial charge in [0, 0.05) is 43.7 Å². The second-order valence-electron chi connectivity index (χ2n) is 5.74. The molecule has 1 unspecified atom stereocenters. The van der Waals surface area contributed by atoms with E-state index in [4.69, 9.17) is 0 Å². The zero-order valence-corrected chi connectivity index (χ0v) is 11.8. The van der Waals surface area contributed by atoms with Crippen LogP contribution in [0.3, 0.4) is 0 Å². The lowest BCUT2D eigenvalue weighted by atomic mass is 9.95. The van der Waals surface area contributed by atoms with Gasteiger partial charge in [0.05, 0.1) is 6.54 Å². The van der Waals surface area contributed by atoms with Crippen LogP contribution in [-0.4, -0.2) is 30.5 Å². The van der Waals surface area contributed by atoms with E-state index in [9.17, 15) is 4.79 Å². The van der Waals surface area contributed by atoms with Gasteiger partial charge in [0.2, 0.25) is 5.91 Å². The molecule has 0 fully saturated rings. The molecule has 21 heavy (non-hydrogen) atoms. The predicted octanol–water partition coefficient (Wildman–Crippen LogP) is 0.300. The highest BCUT2D eigenvalue weighted by atomic mass is 16.1. The molecule has 0 aliphatic carbocycles. The molecular formula is C14H18N6O. The minimum Gasteiger partial charge on any atom is -0.349 e. The van der Waals surface area contributed by atoms with Crippen molar-refractivity contribution in [3.8, 4) is 0 Å². The zero-order valence-electron chi connectivity index (χ0n) is 11.8. The van der Waals surface area contributed by atoms with Crippen molar-refractivity contribution in [1.82, 2.24) is 29.9 Å². The number of nitrogens with one attached hydrogen (secondary N) is 1. The maximum absolute atomic E-state index is 12.3. The molecular weight excluding hydrogens is 268 g/mol. The second-order valence-corrected chi connectivity index (χ2v) is 5.74. The van der Waals surface area contributed by atoms with Gasteiger partial charge in [-0.1, -0.05) is 0 Å². The van der Waals surface area contributed by atoms with Gasteiger partial charge in [0.15, 0.2) is 5.82 Å². The van der Waals surface area contributed by atoms with Crippen molar-refractivity contribution >= 4 is 5.91 Å². The van der Waals surface area contributed by atoms with Crippen LogP contribution in [0, 0.1) is 5.92 Å². The Balaban J connectivity index is 1.38. The number of nitrogens with zero attached hydrogens (tertiary/aromatic N) is 5. The Hall–Kier alpha value is -2.18. The van der Waals surface area contributed by atoms with Crippen molar-refractivity contribution in [3.63, 3.8) is 0 Å². The highest BCUT2D eigenvalue weighted by Gasteiger charge is 2.25. The third kappa shape index (κ3) is 2.22. The van der Waals surface area contributed by atoms with Crippen molar-refractivity contribution in [2.75, 3.05) is 0 Å². The van der Waals surface area contributed by atoms with Crippen LogP contribution in [0.2, 0.25) is 0 Å². The maximum atomic E-state index is 12.3. The third-order valence-corrected chi connectivity index (χ3v) is 4.43. The molecule has 0 aromatic carbocycles. The van der Waals surface area contributed by atoms with Crippen LogP contribution < -0.4 is 5.32 Å². The summed E-state index contributed by atoms with van der Waals surface area (Å²) in [6.07, 6.45) is 5.53. The topological polar surface area (TPSA) is 77.6 Å². The molecule has 2 aliphatic rings. The van der Waals surface area contributed by atoms with Gasteiger partial charge in [-0.05, 0) is 18.9 Å². The van der Waals surface area contributed by atoms with Crippen LogP contribution in [0.5, 0.6) is 0 Å². The van der Waals surface area contributed by atoms with Gasteiger partial charge in [0.25, 0.3) is 0 Å². The Bertz CT molecular complexity index is 673. The van der Waals surface area contributed by atoms with Gasteiger partial charge in [-0.25, -0.2) is 0 Å². The molecule has 1 N–H and O–H groups in total. The van der Waals surface area contributed by atoms with Crippen molar-refractivity contribution in [3.05, 3.63) is 29.6 Å². The first-order valence-corrected chi connectivity index (χ1v) is 7.50. The summed E-state index contributed by atoms with van der Waals surface area (Å²) in [6.45, 7) is 2.26. The van der Waals surface area contributed by atoms with E-state index in [1.165, 1.54) is 0 Å². The Labute approximate surface area is 122 Å². The van der Waals surface area contributed by atoms with Crippen LogP contribution >= 0.6 is 0 Å². The van der Waals surface area contributed by atoms with Gasteiger partial charge >= 0.3 is 0 Å². The Kier molecular flexibility index (Phi) is 2.98. The first-order valence-electron chi connectivity index (χ1n) is 7.50. The average molecular weight is 286 g/mol. The molecule has 0 saturated carbocycles. The van der Waals surface area contributed by atoms with Gasteiger partial charge in [0.1, 0.15) is 5.82 Å². The van der Waals surface area contributed by atoms with Crippen molar-refractivity contribution in [1.29, 1.82) is 0 Å². The van der Waals surface area contributed by atoms with Crippen LogP contribution in [0.4, 0.5) is 0 Å². The van der Waals surface area contributed by atoms with E-state index in [0.29, 0.717) is 6.54 Å². The fraction of sp³-hybridized carbons (Fsp3) is 0.571. The zero-order chi connectivity index (χ0) is 14.2. The second kappa shape index (κ2) is 4.98. The molecule has 110 valence electrons. The minimum atomic E-state index is 0.0372. The fourth-order valence-electron chi connectivity index (χ4n) is 3.24.